The smallest absolute Gasteiger partial charge is 0.317 e. The topological polar surface area (TPSA) is 15.3 Å². The average Bonchev–Trinajstić information content (AvgIpc) is 2.19. The fourth-order valence-corrected chi connectivity index (χ4v) is 1.44. The second-order valence-electron chi connectivity index (χ2n) is 4.19. The van der Waals surface area contributed by atoms with Crippen LogP contribution in [0.2, 0.25) is 0 Å². The number of halogens is 3. The molecule has 0 aliphatic rings. The van der Waals surface area contributed by atoms with Crippen LogP contribution in [0.5, 0.6) is 0 Å². The highest BCUT2D eigenvalue weighted by atomic mass is 19.4. The predicted octanol–water partition coefficient (Wildman–Crippen LogP) is 2.65. The van der Waals surface area contributed by atoms with E-state index in [4.69, 9.17) is 0 Å². The Labute approximate surface area is 96.2 Å². The molecule has 0 saturated heterocycles. The molecule has 1 unspecified atom stereocenters. The van der Waals surface area contributed by atoms with Crippen molar-refractivity contribution in [1.29, 1.82) is 0 Å². The van der Waals surface area contributed by atoms with Gasteiger partial charge >= 0.3 is 6.18 Å². The van der Waals surface area contributed by atoms with Gasteiger partial charge in [0, 0.05) is 12.6 Å². The third-order valence-electron chi connectivity index (χ3n) is 2.73. The summed E-state index contributed by atoms with van der Waals surface area (Å²) in [4.78, 5) is 1.78. The molecule has 0 aromatic carbocycles. The molecule has 0 radical (unpaired) electrons. The van der Waals surface area contributed by atoms with Crippen molar-refractivity contribution in [3.63, 3.8) is 0 Å². The fraction of sp³-hybridized carbons (Fsp3) is 1.00. The van der Waals surface area contributed by atoms with E-state index < -0.39 is 12.6 Å². The van der Waals surface area contributed by atoms with E-state index in [0.29, 0.717) is 0 Å². The van der Waals surface area contributed by atoms with E-state index in [1.165, 1.54) is 0 Å². The first kappa shape index (κ1) is 15.7. The molecule has 98 valence electrons. The molecule has 1 atom stereocenters. The summed E-state index contributed by atoms with van der Waals surface area (Å²) < 4.78 is 36.0. The van der Waals surface area contributed by atoms with Crippen LogP contribution < -0.4 is 5.32 Å². The Morgan fingerprint density at radius 1 is 1.31 bits per heavy atom. The van der Waals surface area contributed by atoms with Crippen LogP contribution >= 0.6 is 0 Å². The first-order valence-corrected chi connectivity index (χ1v) is 5.84. The first-order chi connectivity index (χ1) is 7.37. The second kappa shape index (κ2) is 7.90. The molecule has 0 aliphatic carbocycles. The molecule has 5 heteroatoms. The summed E-state index contributed by atoms with van der Waals surface area (Å²) in [7, 11) is 1.75. The minimum absolute atomic E-state index is 0.0892. The van der Waals surface area contributed by atoms with Crippen molar-refractivity contribution in [2.45, 2.75) is 45.3 Å². The summed E-state index contributed by atoms with van der Waals surface area (Å²) in [6, 6.07) is 0.209. The number of hydrogen-bond acceptors (Lipinski definition) is 2. The maximum absolute atomic E-state index is 12.0. The van der Waals surface area contributed by atoms with Crippen molar-refractivity contribution in [1.82, 2.24) is 10.2 Å². The van der Waals surface area contributed by atoms with Gasteiger partial charge in [0.15, 0.2) is 0 Å². The second-order valence-corrected chi connectivity index (χ2v) is 4.19. The summed E-state index contributed by atoms with van der Waals surface area (Å²) in [5.74, 6) is 0. The molecule has 0 spiro atoms. The normalized spacial score (nSPS) is 14.4. The summed E-state index contributed by atoms with van der Waals surface area (Å²) in [5, 5.41) is 3.20. The molecule has 0 amide bonds. The Morgan fingerprint density at radius 2 is 1.94 bits per heavy atom. The zero-order chi connectivity index (χ0) is 12.6. The van der Waals surface area contributed by atoms with E-state index >= 15 is 0 Å². The molecule has 0 heterocycles. The minimum atomic E-state index is -4.04. The van der Waals surface area contributed by atoms with Crippen LogP contribution in [0.25, 0.3) is 0 Å². The largest absolute Gasteiger partial charge is 0.390 e. The SMILES string of the molecule is CCNCCCC(C)N(C)CCC(F)(F)F. The van der Waals surface area contributed by atoms with Crippen LogP contribution in [0.4, 0.5) is 13.2 Å². The standard InChI is InChI=1S/C11H23F3N2/c1-4-15-8-5-6-10(2)16(3)9-7-11(12,13)14/h10,15H,4-9H2,1-3H3. The van der Waals surface area contributed by atoms with Crippen molar-refractivity contribution in [3.05, 3.63) is 0 Å². The van der Waals surface area contributed by atoms with E-state index in [-0.39, 0.29) is 12.6 Å². The van der Waals surface area contributed by atoms with E-state index in [1.807, 2.05) is 13.8 Å². The number of nitrogens with zero attached hydrogens (tertiary/aromatic N) is 1. The Morgan fingerprint density at radius 3 is 2.44 bits per heavy atom. The molecular weight excluding hydrogens is 217 g/mol. The van der Waals surface area contributed by atoms with Crippen molar-refractivity contribution < 1.29 is 13.2 Å². The molecule has 0 aromatic heterocycles. The molecule has 0 fully saturated rings. The molecule has 0 rings (SSSR count). The van der Waals surface area contributed by atoms with Crippen LogP contribution in [-0.2, 0) is 0 Å². The molecule has 0 aliphatic heterocycles. The van der Waals surface area contributed by atoms with Crippen LogP contribution in [0.15, 0.2) is 0 Å². The summed E-state index contributed by atoms with van der Waals surface area (Å²) in [6.07, 6.45) is -2.83. The van der Waals surface area contributed by atoms with Crippen LogP contribution in [0.3, 0.4) is 0 Å². The number of rotatable bonds is 8. The van der Waals surface area contributed by atoms with Gasteiger partial charge in [0.25, 0.3) is 0 Å². The van der Waals surface area contributed by atoms with Gasteiger partial charge in [-0.25, -0.2) is 0 Å². The number of nitrogens with one attached hydrogen (secondary N) is 1. The van der Waals surface area contributed by atoms with E-state index in [1.54, 1.807) is 11.9 Å². The number of hydrogen-bond donors (Lipinski definition) is 1. The first-order valence-electron chi connectivity index (χ1n) is 5.84. The van der Waals surface area contributed by atoms with E-state index in [0.717, 1.165) is 25.9 Å². The third kappa shape index (κ3) is 8.97. The Hall–Kier alpha value is -0.290. The minimum Gasteiger partial charge on any atom is -0.317 e. The van der Waals surface area contributed by atoms with Gasteiger partial charge in [-0.15, -0.1) is 0 Å². The molecule has 16 heavy (non-hydrogen) atoms. The van der Waals surface area contributed by atoms with Gasteiger partial charge in [0.2, 0.25) is 0 Å². The van der Waals surface area contributed by atoms with Gasteiger partial charge in [0.1, 0.15) is 0 Å². The highest BCUT2D eigenvalue weighted by molar-refractivity contribution is 4.65. The lowest BCUT2D eigenvalue weighted by Gasteiger charge is -2.25. The van der Waals surface area contributed by atoms with Crippen molar-refractivity contribution in [2.75, 3.05) is 26.7 Å². The quantitative estimate of drug-likeness (QED) is 0.656. The molecule has 0 aromatic rings. The summed E-state index contributed by atoms with van der Waals surface area (Å²) in [6.45, 7) is 5.99. The molecule has 0 saturated carbocycles. The van der Waals surface area contributed by atoms with Gasteiger partial charge in [-0.05, 0) is 39.9 Å². The van der Waals surface area contributed by atoms with E-state index in [2.05, 4.69) is 5.32 Å². The van der Waals surface area contributed by atoms with Crippen molar-refractivity contribution in [3.8, 4) is 0 Å². The lowest BCUT2D eigenvalue weighted by Crippen LogP contribution is -2.33. The van der Waals surface area contributed by atoms with Crippen molar-refractivity contribution in [2.24, 2.45) is 0 Å². The lowest BCUT2D eigenvalue weighted by molar-refractivity contribution is -0.138. The molecule has 0 bridgehead atoms. The molecule has 1 N–H and O–H groups in total. The Bertz CT molecular complexity index is 171. The Kier molecular flexibility index (Phi) is 7.76. The van der Waals surface area contributed by atoms with Gasteiger partial charge in [-0.2, -0.15) is 13.2 Å². The van der Waals surface area contributed by atoms with Crippen LogP contribution in [0, 0.1) is 0 Å². The van der Waals surface area contributed by atoms with Crippen molar-refractivity contribution >= 4 is 0 Å². The van der Waals surface area contributed by atoms with Gasteiger partial charge < -0.3 is 10.2 Å². The van der Waals surface area contributed by atoms with Gasteiger partial charge in [-0.1, -0.05) is 6.92 Å². The maximum Gasteiger partial charge on any atom is 0.390 e. The highest BCUT2D eigenvalue weighted by Gasteiger charge is 2.27. The zero-order valence-corrected chi connectivity index (χ0v) is 10.4. The van der Waals surface area contributed by atoms with Gasteiger partial charge in [-0.3, -0.25) is 0 Å². The fourth-order valence-electron chi connectivity index (χ4n) is 1.44. The summed E-state index contributed by atoms with van der Waals surface area (Å²) >= 11 is 0. The lowest BCUT2D eigenvalue weighted by atomic mass is 10.1. The van der Waals surface area contributed by atoms with E-state index in [9.17, 15) is 13.2 Å². The zero-order valence-electron chi connectivity index (χ0n) is 10.4. The maximum atomic E-state index is 12.0. The number of alkyl halides is 3. The molecule has 2 nitrogen and oxygen atoms in total. The van der Waals surface area contributed by atoms with Crippen LogP contribution in [-0.4, -0.2) is 43.8 Å². The van der Waals surface area contributed by atoms with Gasteiger partial charge in [0.05, 0.1) is 6.42 Å². The summed E-state index contributed by atoms with van der Waals surface area (Å²) in [5.41, 5.74) is 0. The third-order valence-corrected chi connectivity index (χ3v) is 2.73. The predicted molar refractivity (Wildman–Crippen MR) is 60.5 cm³/mol. The molecular formula is C11H23F3N2. The average molecular weight is 240 g/mol. The monoisotopic (exact) mass is 240 g/mol. The van der Waals surface area contributed by atoms with Crippen LogP contribution in [0.1, 0.15) is 33.1 Å². The Balaban J connectivity index is 3.61. The highest BCUT2D eigenvalue weighted by Crippen LogP contribution is 2.20.